The molecule has 0 saturated carbocycles. The Labute approximate surface area is 146 Å². The maximum absolute atomic E-state index is 12.2. The van der Waals surface area contributed by atoms with Crippen LogP contribution in [0.2, 0.25) is 5.02 Å². The molecule has 3 rings (SSSR count). The van der Waals surface area contributed by atoms with Crippen molar-refractivity contribution in [1.82, 2.24) is 4.98 Å². The summed E-state index contributed by atoms with van der Waals surface area (Å²) in [5, 5.41) is 9.76. The van der Waals surface area contributed by atoms with E-state index in [9.17, 15) is 14.7 Å². The van der Waals surface area contributed by atoms with Crippen molar-refractivity contribution in [2.24, 2.45) is 0 Å². The van der Waals surface area contributed by atoms with Gasteiger partial charge in [-0.05, 0) is 35.9 Å². The molecule has 0 spiro atoms. The standard InChI is InChI=1S/C18H12ClNO3S/c19-13-3-1-2-12(9-13)15(22)10-17-20-18(23)16(24-17)8-11-4-6-14(21)7-5-11/h1-10,21H,(H,20,23)/b16-8-,17-10-. The van der Waals surface area contributed by atoms with Crippen LogP contribution in [-0.2, 0) is 0 Å². The second-order valence-electron chi connectivity index (χ2n) is 5.04. The van der Waals surface area contributed by atoms with E-state index in [-0.39, 0.29) is 17.1 Å². The number of phenols is 1. The summed E-state index contributed by atoms with van der Waals surface area (Å²) in [6.45, 7) is 0. The van der Waals surface area contributed by atoms with E-state index in [0.717, 1.165) is 5.56 Å². The van der Waals surface area contributed by atoms with Crippen LogP contribution < -0.4 is 14.8 Å². The number of nitrogens with one attached hydrogen (secondary N) is 1. The molecule has 6 heteroatoms. The molecule has 0 aliphatic rings. The molecule has 4 nitrogen and oxygen atoms in total. The van der Waals surface area contributed by atoms with Gasteiger partial charge in [0.15, 0.2) is 5.78 Å². The Bertz CT molecular complexity index is 1060. The van der Waals surface area contributed by atoms with Gasteiger partial charge in [-0.25, -0.2) is 0 Å². The van der Waals surface area contributed by atoms with E-state index in [2.05, 4.69) is 4.98 Å². The zero-order chi connectivity index (χ0) is 17.1. The lowest BCUT2D eigenvalue weighted by molar-refractivity contribution is 0.106. The van der Waals surface area contributed by atoms with E-state index < -0.39 is 0 Å². The van der Waals surface area contributed by atoms with Gasteiger partial charge in [0, 0.05) is 16.7 Å². The number of aromatic hydroxyl groups is 1. The van der Waals surface area contributed by atoms with Crippen molar-refractivity contribution in [3.8, 4) is 5.75 Å². The lowest BCUT2D eigenvalue weighted by atomic mass is 10.1. The number of aromatic amines is 1. The first-order valence-electron chi connectivity index (χ1n) is 7.03. The van der Waals surface area contributed by atoms with Crippen molar-refractivity contribution in [1.29, 1.82) is 0 Å². The third-order valence-corrected chi connectivity index (χ3v) is 4.44. The molecule has 2 N–H and O–H groups in total. The number of ketones is 1. The van der Waals surface area contributed by atoms with Crippen LogP contribution in [0.5, 0.6) is 5.75 Å². The minimum absolute atomic E-state index is 0.161. The molecular weight excluding hydrogens is 346 g/mol. The van der Waals surface area contributed by atoms with Crippen molar-refractivity contribution >= 4 is 40.9 Å². The number of halogens is 1. The zero-order valence-corrected chi connectivity index (χ0v) is 13.9. The summed E-state index contributed by atoms with van der Waals surface area (Å²) in [5.41, 5.74) is 0.979. The molecule has 3 aromatic rings. The fourth-order valence-corrected chi connectivity index (χ4v) is 3.17. The number of carbonyl (C=O) groups is 1. The van der Waals surface area contributed by atoms with Crippen LogP contribution >= 0.6 is 22.9 Å². The van der Waals surface area contributed by atoms with Gasteiger partial charge >= 0.3 is 0 Å². The largest absolute Gasteiger partial charge is 0.508 e. The Balaban J connectivity index is 1.98. The second kappa shape index (κ2) is 6.86. The first-order chi connectivity index (χ1) is 11.5. The molecule has 0 aliphatic carbocycles. The molecule has 1 heterocycles. The molecule has 0 atom stereocenters. The van der Waals surface area contributed by atoms with Gasteiger partial charge in [-0.1, -0.05) is 35.9 Å². The van der Waals surface area contributed by atoms with Crippen LogP contribution in [0.25, 0.3) is 12.2 Å². The number of aromatic nitrogens is 1. The number of benzene rings is 2. The van der Waals surface area contributed by atoms with Gasteiger partial charge in [-0.15, -0.1) is 11.3 Å². The number of carbonyl (C=O) groups excluding carboxylic acids is 1. The Morgan fingerprint density at radius 2 is 1.92 bits per heavy atom. The third-order valence-electron chi connectivity index (χ3n) is 3.24. The smallest absolute Gasteiger partial charge is 0.266 e. The summed E-state index contributed by atoms with van der Waals surface area (Å²) >= 11 is 7.07. The fraction of sp³-hybridized carbons (Fsp3) is 0. The van der Waals surface area contributed by atoms with Gasteiger partial charge in [0.25, 0.3) is 5.56 Å². The summed E-state index contributed by atoms with van der Waals surface area (Å²) in [7, 11) is 0. The molecule has 0 unspecified atom stereocenters. The van der Waals surface area contributed by atoms with Crippen molar-refractivity contribution in [3.05, 3.63) is 84.2 Å². The maximum Gasteiger partial charge on any atom is 0.266 e. The summed E-state index contributed by atoms with van der Waals surface area (Å²) in [6.07, 6.45) is 3.08. The molecule has 1 aromatic heterocycles. The highest BCUT2D eigenvalue weighted by Gasteiger charge is 2.04. The number of Topliss-reactive ketones (excluding diaryl/α,β-unsaturated/α-hetero) is 1. The molecule has 0 aliphatic heterocycles. The summed E-state index contributed by atoms with van der Waals surface area (Å²) in [4.78, 5) is 26.9. The van der Waals surface area contributed by atoms with E-state index in [0.29, 0.717) is 19.8 Å². The quantitative estimate of drug-likeness (QED) is 0.706. The summed E-state index contributed by atoms with van der Waals surface area (Å²) in [6, 6.07) is 13.1. The molecule has 0 bridgehead atoms. The Morgan fingerprint density at radius 1 is 1.17 bits per heavy atom. The van der Waals surface area contributed by atoms with Crippen LogP contribution in [0, 0.1) is 0 Å². The number of rotatable bonds is 3. The zero-order valence-electron chi connectivity index (χ0n) is 12.3. The highest BCUT2D eigenvalue weighted by atomic mass is 35.5. The second-order valence-corrected chi connectivity index (χ2v) is 6.56. The predicted octanol–water partition coefficient (Wildman–Crippen LogP) is 2.29. The van der Waals surface area contributed by atoms with E-state index >= 15 is 0 Å². The number of thiazole rings is 1. The minimum atomic E-state index is -0.266. The maximum atomic E-state index is 12.2. The molecule has 2 aromatic carbocycles. The van der Waals surface area contributed by atoms with Crippen LogP contribution in [0.15, 0.2) is 53.3 Å². The van der Waals surface area contributed by atoms with Crippen LogP contribution in [0.4, 0.5) is 0 Å². The number of phenolic OH excluding ortho intramolecular Hbond substituents is 1. The van der Waals surface area contributed by atoms with Gasteiger partial charge in [0.05, 0.1) is 9.20 Å². The van der Waals surface area contributed by atoms with E-state index in [4.69, 9.17) is 11.6 Å². The Morgan fingerprint density at radius 3 is 2.62 bits per heavy atom. The van der Waals surface area contributed by atoms with Gasteiger partial charge in [-0.3, -0.25) is 9.59 Å². The monoisotopic (exact) mass is 357 g/mol. The minimum Gasteiger partial charge on any atom is -0.508 e. The normalized spacial score (nSPS) is 12.5. The highest BCUT2D eigenvalue weighted by molar-refractivity contribution is 7.07. The third kappa shape index (κ3) is 3.82. The van der Waals surface area contributed by atoms with Crippen molar-refractivity contribution in [2.45, 2.75) is 0 Å². The van der Waals surface area contributed by atoms with Crippen LogP contribution in [0.3, 0.4) is 0 Å². The van der Waals surface area contributed by atoms with Gasteiger partial charge in [0.2, 0.25) is 0 Å². The Hall–Kier alpha value is -2.63. The highest BCUT2D eigenvalue weighted by Crippen LogP contribution is 2.11. The van der Waals surface area contributed by atoms with E-state index in [1.165, 1.54) is 17.4 Å². The molecular formula is C18H12ClNO3S. The number of hydrogen-bond acceptors (Lipinski definition) is 4. The summed E-state index contributed by atoms with van der Waals surface area (Å²) in [5.74, 6) is -0.0698. The Kier molecular flexibility index (Phi) is 4.64. The van der Waals surface area contributed by atoms with E-state index in [1.807, 2.05) is 0 Å². The van der Waals surface area contributed by atoms with Gasteiger partial charge in [-0.2, -0.15) is 0 Å². The van der Waals surface area contributed by atoms with Gasteiger partial charge < -0.3 is 10.1 Å². The topological polar surface area (TPSA) is 70.2 Å². The average Bonchev–Trinajstić information content (AvgIpc) is 2.89. The van der Waals surface area contributed by atoms with Crippen LogP contribution in [-0.4, -0.2) is 15.9 Å². The number of H-pyrrole nitrogens is 1. The SMILES string of the molecule is O=C(/C=c1/[nH]c(=O)/c(=C/c2ccc(O)cc2)s1)c1cccc(Cl)c1. The number of hydrogen-bond donors (Lipinski definition) is 2. The molecule has 120 valence electrons. The molecule has 0 fully saturated rings. The summed E-state index contributed by atoms with van der Waals surface area (Å²) < 4.78 is 0.945. The first-order valence-corrected chi connectivity index (χ1v) is 8.22. The van der Waals surface area contributed by atoms with E-state index in [1.54, 1.807) is 54.6 Å². The predicted molar refractivity (Wildman–Crippen MR) is 96.1 cm³/mol. The molecule has 0 radical (unpaired) electrons. The lowest BCUT2D eigenvalue weighted by Crippen LogP contribution is -2.19. The van der Waals surface area contributed by atoms with Crippen molar-refractivity contribution < 1.29 is 9.90 Å². The lowest BCUT2D eigenvalue weighted by Gasteiger charge is -1.95. The fourth-order valence-electron chi connectivity index (χ4n) is 2.09. The average molecular weight is 358 g/mol. The molecule has 0 amide bonds. The van der Waals surface area contributed by atoms with Crippen LogP contribution in [0.1, 0.15) is 15.9 Å². The molecule has 0 saturated heterocycles. The first kappa shape index (κ1) is 16.2. The van der Waals surface area contributed by atoms with Crippen molar-refractivity contribution in [3.63, 3.8) is 0 Å². The van der Waals surface area contributed by atoms with Gasteiger partial charge in [0.1, 0.15) is 5.75 Å². The molecule has 24 heavy (non-hydrogen) atoms. The van der Waals surface area contributed by atoms with Crippen molar-refractivity contribution in [2.75, 3.05) is 0 Å².